The summed E-state index contributed by atoms with van der Waals surface area (Å²) in [6.07, 6.45) is 0. The van der Waals surface area contributed by atoms with Gasteiger partial charge in [-0.1, -0.05) is 29.8 Å². The molecule has 12 heavy (non-hydrogen) atoms. The highest BCUT2D eigenvalue weighted by Gasteiger charge is 2.27. The van der Waals surface area contributed by atoms with Gasteiger partial charge in [0.25, 0.3) is 0 Å². The molecule has 0 amide bonds. The number of hydrogen-bond acceptors (Lipinski definition) is 3. The number of hydrogen-bond donors (Lipinski definition) is 0. The topological polar surface area (TPSA) is 35.5 Å². The van der Waals surface area contributed by atoms with E-state index in [4.69, 9.17) is 23.2 Å². The summed E-state index contributed by atoms with van der Waals surface area (Å²) >= 11 is 10.8. The van der Waals surface area contributed by atoms with Gasteiger partial charge in [-0.25, -0.2) is 0 Å². The molecule has 3 nitrogen and oxygen atoms in total. The summed E-state index contributed by atoms with van der Waals surface area (Å²) in [5.41, 5.74) is 1.05. The second kappa shape index (κ2) is 5.05. The van der Waals surface area contributed by atoms with Gasteiger partial charge in [-0.15, -0.1) is 0 Å². The molecular weight excluding hydrogens is 222 g/mol. The Labute approximate surface area is 81.5 Å². The van der Waals surface area contributed by atoms with E-state index in [0.29, 0.717) is 0 Å². The Bertz CT molecular complexity index is 241. The maximum Gasteiger partial charge on any atom is 0.361 e. The summed E-state index contributed by atoms with van der Waals surface area (Å²) in [6.45, 7) is 3.44. The third-order valence-electron chi connectivity index (χ3n) is 1.18. The van der Waals surface area contributed by atoms with Crippen LogP contribution in [0.2, 0.25) is 0 Å². The zero-order valence-electron chi connectivity index (χ0n) is 6.71. The van der Waals surface area contributed by atoms with E-state index in [0.717, 1.165) is 5.54 Å². The Morgan fingerprint density at radius 1 is 1.50 bits per heavy atom. The molecule has 0 radical (unpaired) electrons. The maximum atomic E-state index is 11.5. The van der Waals surface area contributed by atoms with Crippen molar-refractivity contribution in [3.05, 3.63) is 22.5 Å². The van der Waals surface area contributed by atoms with Crippen LogP contribution < -0.4 is 0 Å². The minimum absolute atomic E-state index is 0.0455. The van der Waals surface area contributed by atoms with Gasteiger partial charge in [-0.3, -0.25) is 4.57 Å². The first-order valence-corrected chi connectivity index (χ1v) is 5.24. The zero-order chi connectivity index (χ0) is 9.78. The van der Waals surface area contributed by atoms with Crippen molar-refractivity contribution in [3.63, 3.8) is 0 Å². The van der Waals surface area contributed by atoms with E-state index < -0.39 is 7.60 Å². The van der Waals surface area contributed by atoms with Gasteiger partial charge in [0.15, 0.2) is 0 Å². The van der Waals surface area contributed by atoms with Crippen LogP contribution in [-0.2, 0) is 13.6 Å². The van der Waals surface area contributed by atoms with Crippen LogP contribution in [0.1, 0.15) is 0 Å². The smallest absolute Gasteiger partial charge is 0.309 e. The second-order valence-electron chi connectivity index (χ2n) is 1.77. The lowest BCUT2D eigenvalue weighted by Gasteiger charge is -2.14. The minimum Gasteiger partial charge on any atom is -0.309 e. The molecule has 6 heteroatoms. The van der Waals surface area contributed by atoms with Crippen molar-refractivity contribution in [2.75, 3.05) is 14.2 Å². The van der Waals surface area contributed by atoms with Gasteiger partial charge < -0.3 is 9.05 Å². The van der Waals surface area contributed by atoms with Crippen LogP contribution >= 0.6 is 30.8 Å². The van der Waals surface area contributed by atoms with Crippen molar-refractivity contribution >= 4 is 30.8 Å². The Balaban J connectivity index is 4.79. The molecule has 0 bridgehead atoms. The summed E-state index contributed by atoms with van der Waals surface area (Å²) in [5, 5.41) is 0.105. The average molecular weight is 231 g/mol. The molecule has 0 aliphatic rings. The molecule has 0 aromatic carbocycles. The number of rotatable bonds is 4. The first-order chi connectivity index (χ1) is 5.51. The van der Waals surface area contributed by atoms with E-state index in [-0.39, 0.29) is 10.3 Å². The lowest BCUT2D eigenvalue weighted by Crippen LogP contribution is -1.91. The quantitative estimate of drug-likeness (QED) is 0.549. The molecule has 0 atom stereocenters. The molecule has 0 aromatic heterocycles. The van der Waals surface area contributed by atoms with Crippen LogP contribution in [0.3, 0.4) is 0 Å². The zero-order valence-corrected chi connectivity index (χ0v) is 9.12. The third-order valence-corrected chi connectivity index (χ3v) is 3.85. The molecular formula is C6H9Cl2O3P. The van der Waals surface area contributed by atoms with Crippen molar-refractivity contribution in [2.45, 2.75) is 0 Å². The Hall–Kier alpha value is 0.210. The Morgan fingerprint density at radius 2 is 1.92 bits per heavy atom. The molecule has 0 aromatic rings. The van der Waals surface area contributed by atoms with Crippen LogP contribution in [0.4, 0.5) is 0 Å². The molecule has 0 saturated carbocycles. The first-order valence-electron chi connectivity index (χ1n) is 2.89. The summed E-state index contributed by atoms with van der Waals surface area (Å²) < 4.78 is 20.8. The maximum absolute atomic E-state index is 11.5. The lowest BCUT2D eigenvalue weighted by atomic mass is 10.6. The predicted octanol–water partition coefficient (Wildman–Crippen LogP) is 3.31. The van der Waals surface area contributed by atoms with Gasteiger partial charge in [0.05, 0.1) is 10.3 Å². The van der Waals surface area contributed by atoms with Crippen LogP contribution in [0, 0.1) is 0 Å². The van der Waals surface area contributed by atoms with Crippen molar-refractivity contribution in [3.8, 4) is 0 Å². The van der Waals surface area contributed by atoms with Gasteiger partial charge >= 0.3 is 7.60 Å². The Morgan fingerprint density at radius 3 is 2.17 bits per heavy atom. The summed E-state index contributed by atoms with van der Waals surface area (Å²) in [5.74, 6) is 0. The van der Waals surface area contributed by atoms with Gasteiger partial charge in [-0.2, -0.15) is 0 Å². The van der Waals surface area contributed by atoms with Crippen molar-refractivity contribution in [1.29, 1.82) is 0 Å². The fraction of sp³-hybridized carbons (Fsp3) is 0.333. The van der Waals surface area contributed by atoms with E-state index >= 15 is 0 Å². The predicted molar refractivity (Wildman–Crippen MR) is 50.6 cm³/mol. The molecule has 0 unspecified atom stereocenters. The minimum atomic E-state index is -3.32. The fourth-order valence-corrected chi connectivity index (χ4v) is 1.92. The van der Waals surface area contributed by atoms with Crippen LogP contribution in [0.15, 0.2) is 22.5 Å². The number of allylic oxidation sites excluding steroid dienone is 2. The van der Waals surface area contributed by atoms with Crippen molar-refractivity contribution in [2.24, 2.45) is 0 Å². The monoisotopic (exact) mass is 230 g/mol. The molecule has 0 saturated heterocycles. The molecule has 0 heterocycles. The molecule has 0 aliphatic carbocycles. The molecule has 0 fully saturated rings. The van der Waals surface area contributed by atoms with Crippen LogP contribution in [0.25, 0.3) is 0 Å². The number of halogens is 2. The lowest BCUT2D eigenvalue weighted by molar-refractivity contribution is 0.284. The summed E-state index contributed by atoms with van der Waals surface area (Å²) in [6, 6.07) is 0. The van der Waals surface area contributed by atoms with E-state index in [2.05, 4.69) is 15.6 Å². The summed E-state index contributed by atoms with van der Waals surface area (Å²) in [4.78, 5) is 0. The van der Waals surface area contributed by atoms with Crippen molar-refractivity contribution < 1.29 is 13.6 Å². The molecule has 0 spiro atoms. The van der Waals surface area contributed by atoms with E-state index in [1.165, 1.54) is 14.2 Å². The standard InChI is InChI=1S/C6H9Cl2O3P/c1-5(6(8)4-7)12(9,10-2)11-3/h4H,1H2,2-3H3/b6-4+. The van der Waals surface area contributed by atoms with E-state index in [9.17, 15) is 4.57 Å². The van der Waals surface area contributed by atoms with E-state index in [1.807, 2.05) is 0 Å². The van der Waals surface area contributed by atoms with Gasteiger partial charge in [0.2, 0.25) is 0 Å². The third kappa shape index (κ3) is 2.61. The molecule has 0 aliphatic heterocycles. The average Bonchev–Trinajstić information content (AvgIpc) is 2.14. The largest absolute Gasteiger partial charge is 0.361 e. The summed E-state index contributed by atoms with van der Waals surface area (Å²) in [7, 11) is -0.836. The molecule has 70 valence electrons. The first kappa shape index (κ1) is 12.2. The second-order valence-corrected chi connectivity index (χ2v) is 4.66. The van der Waals surface area contributed by atoms with Crippen LogP contribution in [0.5, 0.6) is 0 Å². The highest BCUT2D eigenvalue weighted by molar-refractivity contribution is 7.59. The van der Waals surface area contributed by atoms with Gasteiger partial charge in [0, 0.05) is 19.8 Å². The highest BCUT2D eigenvalue weighted by Crippen LogP contribution is 2.57. The highest BCUT2D eigenvalue weighted by atomic mass is 35.5. The van der Waals surface area contributed by atoms with Crippen molar-refractivity contribution in [1.82, 2.24) is 0 Å². The normalized spacial score (nSPS) is 13.2. The SMILES string of the molecule is C=C(/C(Cl)=C\Cl)P(=O)(OC)OC. The molecule has 0 N–H and O–H groups in total. The Kier molecular flexibility index (Phi) is 5.14. The van der Waals surface area contributed by atoms with Gasteiger partial charge in [0.1, 0.15) is 0 Å². The van der Waals surface area contributed by atoms with E-state index in [1.54, 1.807) is 0 Å². The molecule has 0 rings (SSSR count). The van der Waals surface area contributed by atoms with Crippen LogP contribution in [-0.4, -0.2) is 14.2 Å². The fourth-order valence-electron chi connectivity index (χ4n) is 0.489. The van der Waals surface area contributed by atoms with Gasteiger partial charge in [-0.05, 0) is 0 Å².